The van der Waals surface area contributed by atoms with Crippen LogP contribution in [0.25, 0.3) is 0 Å². The number of hydrogen-bond acceptors (Lipinski definition) is 4. The Bertz CT molecular complexity index is 989. The number of hydrogen-bond donors (Lipinski definition) is 1. The Morgan fingerprint density at radius 2 is 1.71 bits per heavy atom. The number of carbonyl (C=O) groups excluding carboxylic acids is 2. The van der Waals surface area contributed by atoms with E-state index < -0.39 is 5.97 Å². The van der Waals surface area contributed by atoms with Crippen molar-refractivity contribution in [3.8, 4) is 5.75 Å². The van der Waals surface area contributed by atoms with Crippen molar-refractivity contribution in [3.63, 3.8) is 0 Å². The van der Waals surface area contributed by atoms with Crippen molar-refractivity contribution in [1.82, 2.24) is 0 Å². The lowest BCUT2D eigenvalue weighted by molar-refractivity contribution is 0.0600. The second kappa shape index (κ2) is 9.06. The van der Waals surface area contributed by atoms with E-state index in [1.165, 1.54) is 25.3 Å². The number of methoxy groups -OCH3 is 1. The van der Waals surface area contributed by atoms with Gasteiger partial charge in [-0.1, -0.05) is 48.0 Å². The average molecular weight is 396 g/mol. The van der Waals surface area contributed by atoms with Crippen molar-refractivity contribution in [2.45, 2.75) is 6.61 Å². The van der Waals surface area contributed by atoms with E-state index in [2.05, 4.69) is 10.1 Å². The fourth-order valence-corrected chi connectivity index (χ4v) is 2.69. The predicted molar refractivity (Wildman–Crippen MR) is 108 cm³/mol. The van der Waals surface area contributed by atoms with Crippen molar-refractivity contribution in [2.75, 3.05) is 12.4 Å². The molecule has 5 nitrogen and oxygen atoms in total. The third-order valence-electron chi connectivity index (χ3n) is 3.98. The maximum absolute atomic E-state index is 12.6. The molecule has 3 aromatic carbocycles. The summed E-state index contributed by atoms with van der Waals surface area (Å²) in [5.41, 5.74) is 2.06. The molecule has 0 saturated heterocycles. The number of amides is 1. The van der Waals surface area contributed by atoms with Crippen LogP contribution in [0.2, 0.25) is 5.02 Å². The third-order valence-corrected chi connectivity index (χ3v) is 4.31. The van der Waals surface area contributed by atoms with Crippen molar-refractivity contribution in [3.05, 3.63) is 94.5 Å². The van der Waals surface area contributed by atoms with Gasteiger partial charge in [-0.2, -0.15) is 0 Å². The Hall–Kier alpha value is -3.31. The fraction of sp³-hybridized carbons (Fsp3) is 0.0909. The highest BCUT2D eigenvalue weighted by Crippen LogP contribution is 2.25. The highest BCUT2D eigenvalue weighted by atomic mass is 35.5. The minimum atomic E-state index is -0.511. The summed E-state index contributed by atoms with van der Waals surface area (Å²) in [6, 6.07) is 21.1. The molecule has 0 spiro atoms. The van der Waals surface area contributed by atoms with E-state index in [1.807, 2.05) is 30.3 Å². The molecule has 0 atom stereocenters. The number of esters is 1. The Morgan fingerprint density at radius 1 is 0.929 bits per heavy atom. The van der Waals surface area contributed by atoms with Crippen molar-refractivity contribution in [1.29, 1.82) is 0 Å². The van der Waals surface area contributed by atoms with Crippen LogP contribution >= 0.6 is 11.6 Å². The minimum absolute atomic E-state index is 0.294. The van der Waals surface area contributed by atoms with Crippen LogP contribution in [0.3, 0.4) is 0 Å². The van der Waals surface area contributed by atoms with Gasteiger partial charge in [-0.3, -0.25) is 4.79 Å². The van der Waals surface area contributed by atoms with Crippen LogP contribution in [0.1, 0.15) is 26.3 Å². The van der Waals surface area contributed by atoms with E-state index in [0.29, 0.717) is 34.2 Å². The second-order valence-electron chi connectivity index (χ2n) is 5.94. The summed E-state index contributed by atoms with van der Waals surface area (Å²) < 4.78 is 10.4. The number of rotatable bonds is 6. The maximum Gasteiger partial charge on any atom is 0.337 e. The fourth-order valence-electron chi connectivity index (χ4n) is 2.53. The molecule has 0 heterocycles. The van der Waals surface area contributed by atoms with Crippen LogP contribution < -0.4 is 10.1 Å². The monoisotopic (exact) mass is 395 g/mol. The quantitative estimate of drug-likeness (QED) is 0.599. The summed E-state index contributed by atoms with van der Waals surface area (Å²) in [5, 5.41) is 3.03. The molecular weight excluding hydrogens is 378 g/mol. The van der Waals surface area contributed by atoms with Crippen molar-refractivity contribution < 1.29 is 19.1 Å². The highest BCUT2D eigenvalue weighted by molar-refractivity contribution is 6.34. The number of carbonyl (C=O) groups is 2. The molecule has 6 heteroatoms. The van der Waals surface area contributed by atoms with E-state index in [0.717, 1.165) is 5.56 Å². The number of ether oxygens (including phenoxy) is 2. The second-order valence-corrected chi connectivity index (χ2v) is 6.35. The third kappa shape index (κ3) is 4.90. The van der Waals surface area contributed by atoms with E-state index in [9.17, 15) is 9.59 Å². The first-order valence-electron chi connectivity index (χ1n) is 8.53. The van der Waals surface area contributed by atoms with Gasteiger partial charge < -0.3 is 14.8 Å². The average Bonchev–Trinajstić information content (AvgIpc) is 2.74. The first-order valence-corrected chi connectivity index (χ1v) is 8.90. The SMILES string of the molecule is COC(=O)c1ccc(Cl)c(NC(=O)c2cccc(OCc3ccccc3)c2)c1. The first-order chi connectivity index (χ1) is 13.6. The molecule has 3 aromatic rings. The van der Waals surface area contributed by atoms with Crippen LogP contribution in [-0.2, 0) is 11.3 Å². The lowest BCUT2D eigenvalue weighted by atomic mass is 10.1. The van der Waals surface area contributed by atoms with E-state index in [1.54, 1.807) is 24.3 Å². The number of nitrogens with one attached hydrogen (secondary N) is 1. The zero-order valence-corrected chi connectivity index (χ0v) is 15.9. The molecule has 1 amide bonds. The van der Waals surface area contributed by atoms with Gasteiger partial charge in [0.25, 0.3) is 5.91 Å². The van der Waals surface area contributed by atoms with Crippen LogP contribution in [-0.4, -0.2) is 19.0 Å². The Kier molecular flexibility index (Phi) is 6.29. The van der Waals surface area contributed by atoms with Gasteiger partial charge in [-0.05, 0) is 42.0 Å². The van der Waals surface area contributed by atoms with Gasteiger partial charge in [0, 0.05) is 5.56 Å². The number of benzene rings is 3. The molecule has 0 bridgehead atoms. The largest absolute Gasteiger partial charge is 0.489 e. The molecule has 3 rings (SSSR count). The van der Waals surface area contributed by atoms with E-state index >= 15 is 0 Å². The molecule has 0 aliphatic heterocycles. The molecule has 0 unspecified atom stereocenters. The van der Waals surface area contributed by atoms with Crippen LogP contribution in [0.5, 0.6) is 5.75 Å². The van der Waals surface area contributed by atoms with Crippen molar-refractivity contribution >= 4 is 29.2 Å². The Balaban J connectivity index is 1.72. The maximum atomic E-state index is 12.6. The first kappa shape index (κ1) is 19.5. The summed E-state index contributed by atoms with van der Waals surface area (Å²) in [7, 11) is 1.29. The van der Waals surface area contributed by atoms with Crippen LogP contribution in [0, 0.1) is 0 Å². The lowest BCUT2D eigenvalue weighted by Crippen LogP contribution is -2.13. The van der Waals surface area contributed by atoms with Gasteiger partial charge in [0.05, 0.1) is 23.4 Å². The summed E-state index contributed by atoms with van der Waals surface area (Å²) in [6.07, 6.45) is 0. The summed E-state index contributed by atoms with van der Waals surface area (Å²) in [6.45, 7) is 0.402. The van der Waals surface area contributed by atoms with E-state index in [4.69, 9.17) is 16.3 Å². The number of anilines is 1. The normalized spacial score (nSPS) is 10.2. The van der Waals surface area contributed by atoms with E-state index in [-0.39, 0.29) is 5.91 Å². The molecule has 142 valence electrons. The van der Waals surface area contributed by atoms with Crippen LogP contribution in [0.4, 0.5) is 5.69 Å². The van der Waals surface area contributed by atoms with Crippen molar-refractivity contribution in [2.24, 2.45) is 0 Å². The molecule has 28 heavy (non-hydrogen) atoms. The van der Waals surface area contributed by atoms with Gasteiger partial charge in [0.15, 0.2) is 0 Å². The van der Waals surface area contributed by atoms with Gasteiger partial charge >= 0.3 is 5.97 Å². The zero-order valence-electron chi connectivity index (χ0n) is 15.1. The molecule has 0 aromatic heterocycles. The standard InChI is InChI=1S/C22H18ClNO4/c1-27-22(26)17-10-11-19(23)20(13-17)24-21(25)16-8-5-9-18(12-16)28-14-15-6-3-2-4-7-15/h2-13H,14H2,1H3,(H,24,25). The van der Waals surface area contributed by atoms with Crippen LogP contribution in [0.15, 0.2) is 72.8 Å². The Labute approximate surface area is 167 Å². The summed E-state index contributed by atoms with van der Waals surface area (Å²) >= 11 is 6.13. The molecule has 0 fully saturated rings. The molecule has 0 saturated carbocycles. The highest BCUT2D eigenvalue weighted by Gasteiger charge is 2.13. The minimum Gasteiger partial charge on any atom is -0.489 e. The predicted octanol–water partition coefficient (Wildman–Crippen LogP) is 4.96. The Morgan fingerprint density at radius 3 is 2.46 bits per heavy atom. The molecule has 0 radical (unpaired) electrons. The summed E-state index contributed by atoms with van der Waals surface area (Å²) in [4.78, 5) is 24.3. The molecule has 1 N–H and O–H groups in total. The smallest absolute Gasteiger partial charge is 0.337 e. The summed E-state index contributed by atoms with van der Waals surface area (Å²) in [5.74, 6) is -0.302. The van der Waals surface area contributed by atoms with Gasteiger partial charge in [0.1, 0.15) is 12.4 Å². The molecular formula is C22H18ClNO4. The zero-order chi connectivity index (χ0) is 19.9. The topological polar surface area (TPSA) is 64.6 Å². The molecule has 0 aliphatic carbocycles. The molecule has 0 aliphatic rings. The lowest BCUT2D eigenvalue weighted by Gasteiger charge is -2.11. The number of halogens is 1. The van der Waals surface area contributed by atoms with Gasteiger partial charge in [-0.15, -0.1) is 0 Å². The van der Waals surface area contributed by atoms with Gasteiger partial charge in [-0.25, -0.2) is 4.79 Å². The van der Waals surface area contributed by atoms with Gasteiger partial charge in [0.2, 0.25) is 0 Å².